The van der Waals surface area contributed by atoms with Crippen molar-refractivity contribution in [2.75, 3.05) is 5.75 Å². The Kier molecular flexibility index (Phi) is 6.04. The molecule has 2 rings (SSSR count). The summed E-state index contributed by atoms with van der Waals surface area (Å²) in [6.45, 7) is 6.24. The smallest absolute Gasteiger partial charge is 0.268 e. The second-order valence-corrected chi connectivity index (χ2v) is 6.66. The van der Waals surface area contributed by atoms with Gasteiger partial charge in [0, 0.05) is 22.8 Å². The highest BCUT2D eigenvalue weighted by Crippen LogP contribution is 2.22. The molecule has 0 spiro atoms. The minimum Gasteiger partial charge on any atom is -0.347 e. The number of aromatic nitrogens is 1. The number of H-pyrrole nitrogens is 1. The molecule has 1 aromatic carbocycles. The molecule has 4 nitrogen and oxygen atoms in total. The number of aryl methyl sites for hydroxylation is 2. The van der Waals surface area contributed by atoms with E-state index in [9.17, 15) is 9.59 Å². The van der Waals surface area contributed by atoms with Gasteiger partial charge in [-0.15, -0.1) is 11.8 Å². The van der Waals surface area contributed by atoms with Crippen LogP contribution in [0, 0.1) is 13.8 Å². The number of hydrogen-bond donors (Lipinski definition) is 2. The highest BCUT2D eigenvalue weighted by molar-refractivity contribution is 7.99. The Balaban J connectivity index is 1.96. The SMILES string of the molecule is CCC(CSc1ccc(C)c(C)c1)NC(=O)c1cccc(=O)[nH]1. The van der Waals surface area contributed by atoms with E-state index >= 15 is 0 Å². The molecule has 1 unspecified atom stereocenters. The zero-order valence-electron chi connectivity index (χ0n) is 13.7. The van der Waals surface area contributed by atoms with Crippen LogP contribution in [0.5, 0.6) is 0 Å². The van der Waals surface area contributed by atoms with Gasteiger partial charge in [-0.1, -0.05) is 19.1 Å². The van der Waals surface area contributed by atoms with E-state index in [4.69, 9.17) is 0 Å². The van der Waals surface area contributed by atoms with Crippen LogP contribution < -0.4 is 10.9 Å². The fourth-order valence-electron chi connectivity index (χ4n) is 2.11. The third-order valence-corrected chi connectivity index (χ3v) is 4.93. The van der Waals surface area contributed by atoms with Crippen molar-refractivity contribution >= 4 is 17.7 Å². The lowest BCUT2D eigenvalue weighted by Crippen LogP contribution is -2.37. The number of pyridine rings is 1. The quantitative estimate of drug-likeness (QED) is 0.799. The molecule has 0 bridgehead atoms. The second kappa shape index (κ2) is 8.02. The minimum atomic E-state index is -0.268. The summed E-state index contributed by atoms with van der Waals surface area (Å²) >= 11 is 1.73. The van der Waals surface area contributed by atoms with Gasteiger partial charge in [0.1, 0.15) is 5.69 Å². The molecule has 1 heterocycles. The Hall–Kier alpha value is -2.01. The molecule has 1 atom stereocenters. The number of rotatable bonds is 6. The number of hydrogen-bond acceptors (Lipinski definition) is 3. The van der Waals surface area contributed by atoms with Gasteiger partial charge in [-0.05, 0) is 49.6 Å². The largest absolute Gasteiger partial charge is 0.347 e. The molecular weight excluding hydrogens is 308 g/mol. The molecule has 5 heteroatoms. The maximum atomic E-state index is 12.2. The Morgan fingerprint density at radius 1 is 1.22 bits per heavy atom. The zero-order valence-corrected chi connectivity index (χ0v) is 14.5. The van der Waals surface area contributed by atoms with Gasteiger partial charge in [-0.2, -0.15) is 0 Å². The average molecular weight is 330 g/mol. The summed E-state index contributed by atoms with van der Waals surface area (Å²) in [4.78, 5) is 27.2. The van der Waals surface area contributed by atoms with Gasteiger partial charge in [-0.25, -0.2) is 0 Å². The van der Waals surface area contributed by atoms with Crippen LogP contribution >= 0.6 is 11.8 Å². The van der Waals surface area contributed by atoms with Gasteiger partial charge < -0.3 is 10.3 Å². The Labute approximate surface area is 140 Å². The first kappa shape index (κ1) is 17.3. The third-order valence-electron chi connectivity index (χ3n) is 3.77. The maximum absolute atomic E-state index is 12.2. The van der Waals surface area contributed by atoms with Crippen molar-refractivity contribution in [2.24, 2.45) is 0 Å². The summed E-state index contributed by atoms with van der Waals surface area (Å²) in [6.07, 6.45) is 0.834. The molecule has 0 radical (unpaired) electrons. The molecule has 23 heavy (non-hydrogen) atoms. The van der Waals surface area contributed by atoms with E-state index in [1.165, 1.54) is 22.1 Å². The van der Waals surface area contributed by atoms with Crippen LogP contribution in [-0.2, 0) is 0 Å². The van der Waals surface area contributed by atoms with Crippen molar-refractivity contribution in [3.8, 4) is 0 Å². The number of amides is 1. The zero-order chi connectivity index (χ0) is 16.8. The maximum Gasteiger partial charge on any atom is 0.268 e. The molecule has 0 saturated heterocycles. The summed E-state index contributed by atoms with van der Waals surface area (Å²) in [5, 5.41) is 2.98. The molecule has 0 aliphatic carbocycles. The molecule has 1 aromatic heterocycles. The van der Waals surface area contributed by atoms with E-state index in [-0.39, 0.29) is 17.5 Å². The molecule has 0 aliphatic heterocycles. The average Bonchev–Trinajstić information content (AvgIpc) is 2.54. The standard InChI is InChI=1S/C18H22N2O2S/c1-4-14(11-23-15-9-8-12(2)13(3)10-15)19-18(22)16-6-5-7-17(21)20-16/h5-10,14H,4,11H2,1-3H3,(H,19,22)(H,20,21). The van der Waals surface area contributed by atoms with E-state index in [1.54, 1.807) is 23.9 Å². The van der Waals surface area contributed by atoms with E-state index in [0.717, 1.165) is 12.2 Å². The summed E-state index contributed by atoms with van der Waals surface area (Å²) in [6, 6.07) is 11.0. The number of aromatic amines is 1. The van der Waals surface area contributed by atoms with Crippen LogP contribution in [0.25, 0.3) is 0 Å². The van der Waals surface area contributed by atoms with Crippen LogP contribution in [0.3, 0.4) is 0 Å². The molecule has 2 aromatic rings. The van der Waals surface area contributed by atoms with Gasteiger partial charge in [0.05, 0.1) is 0 Å². The number of carbonyl (C=O) groups is 1. The van der Waals surface area contributed by atoms with Crippen molar-refractivity contribution in [3.63, 3.8) is 0 Å². The van der Waals surface area contributed by atoms with Crippen molar-refractivity contribution in [1.29, 1.82) is 0 Å². The van der Waals surface area contributed by atoms with Gasteiger partial charge in [-0.3, -0.25) is 9.59 Å². The van der Waals surface area contributed by atoms with Crippen LogP contribution in [0.15, 0.2) is 46.1 Å². The van der Waals surface area contributed by atoms with Crippen LogP contribution in [0.4, 0.5) is 0 Å². The predicted molar refractivity (Wildman–Crippen MR) is 95.2 cm³/mol. The van der Waals surface area contributed by atoms with E-state index in [0.29, 0.717) is 5.69 Å². The topological polar surface area (TPSA) is 62.0 Å². The van der Waals surface area contributed by atoms with E-state index in [1.807, 2.05) is 6.92 Å². The lowest BCUT2D eigenvalue weighted by atomic mass is 10.1. The van der Waals surface area contributed by atoms with Gasteiger partial charge in [0.25, 0.3) is 5.91 Å². The molecular formula is C18H22N2O2S. The molecule has 0 fully saturated rings. The van der Waals surface area contributed by atoms with Crippen LogP contribution in [-0.4, -0.2) is 22.7 Å². The highest BCUT2D eigenvalue weighted by atomic mass is 32.2. The second-order valence-electron chi connectivity index (χ2n) is 5.56. The van der Waals surface area contributed by atoms with Gasteiger partial charge in [0.2, 0.25) is 5.56 Å². The normalized spacial score (nSPS) is 12.0. The third kappa shape index (κ3) is 4.99. The van der Waals surface area contributed by atoms with Crippen molar-refractivity contribution in [1.82, 2.24) is 10.3 Å². The molecule has 0 aliphatic rings. The number of thioether (sulfide) groups is 1. The first-order valence-corrected chi connectivity index (χ1v) is 8.68. The number of nitrogens with one attached hydrogen (secondary N) is 2. The number of benzene rings is 1. The molecule has 0 saturated carbocycles. The van der Waals surface area contributed by atoms with Crippen LogP contribution in [0.2, 0.25) is 0 Å². The lowest BCUT2D eigenvalue weighted by Gasteiger charge is -2.17. The summed E-state index contributed by atoms with van der Waals surface area (Å²) in [5.74, 6) is 0.553. The lowest BCUT2D eigenvalue weighted by molar-refractivity contribution is 0.0934. The summed E-state index contributed by atoms with van der Waals surface area (Å²) < 4.78 is 0. The van der Waals surface area contributed by atoms with Gasteiger partial charge in [0.15, 0.2) is 0 Å². The van der Waals surface area contributed by atoms with Gasteiger partial charge >= 0.3 is 0 Å². The fourth-order valence-corrected chi connectivity index (χ4v) is 3.24. The van der Waals surface area contributed by atoms with Crippen molar-refractivity contribution < 1.29 is 4.79 Å². The first-order chi connectivity index (χ1) is 11.0. The Morgan fingerprint density at radius 2 is 2.00 bits per heavy atom. The minimum absolute atomic E-state index is 0.0535. The Bertz CT molecular complexity index is 740. The summed E-state index contributed by atoms with van der Waals surface area (Å²) in [5.41, 5.74) is 2.58. The molecule has 1 amide bonds. The predicted octanol–water partition coefficient (Wildman–Crippen LogP) is 3.29. The fraction of sp³-hybridized carbons (Fsp3) is 0.333. The van der Waals surface area contributed by atoms with E-state index < -0.39 is 0 Å². The summed E-state index contributed by atoms with van der Waals surface area (Å²) in [7, 11) is 0. The Morgan fingerprint density at radius 3 is 2.65 bits per heavy atom. The number of carbonyl (C=O) groups excluding carboxylic acids is 1. The van der Waals surface area contributed by atoms with Crippen LogP contribution in [0.1, 0.15) is 35.0 Å². The van der Waals surface area contributed by atoms with Crippen molar-refractivity contribution in [2.45, 2.75) is 38.1 Å². The first-order valence-electron chi connectivity index (χ1n) is 7.70. The molecule has 122 valence electrons. The monoisotopic (exact) mass is 330 g/mol. The molecule has 2 N–H and O–H groups in total. The highest BCUT2D eigenvalue weighted by Gasteiger charge is 2.13. The van der Waals surface area contributed by atoms with E-state index in [2.05, 4.69) is 42.3 Å². The van der Waals surface area contributed by atoms with Crippen molar-refractivity contribution in [3.05, 3.63) is 63.6 Å².